The number of ether oxygens (including phenoxy) is 2. The molecule has 0 aliphatic carbocycles. The Morgan fingerprint density at radius 2 is 1.54 bits per heavy atom. The van der Waals surface area contributed by atoms with Gasteiger partial charge in [0.2, 0.25) is 0 Å². The maximum atomic E-state index is 13.0. The molecule has 28 heavy (non-hydrogen) atoms. The van der Waals surface area contributed by atoms with E-state index in [0.29, 0.717) is 0 Å². The summed E-state index contributed by atoms with van der Waals surface area (Å²) in [5.74, 6) is -3.87. The third kappa shape index (κ3) is 4.59. The van der Waals surface area contributed by atoms with Crippen molar-refractivity contribution >= 4 is 23.4 Å². The van der Waals surface area contributed by atoms with Crippen LogP contribution >= 0.6 is 0 Å². The Morgan fingerprint density at radius 1 is 0.964 bits per heavy atom. The number of rotatable bonds is 8. The van der Waals surface area contributed by atoms with Gasteiger partial charge in [-0.25, -0.2) is 0 Å². The van der Waals surface area contributed by atoms with E-state index in [4.69, 9.17) is 9.47 Å². The number of hydrogen-bond acceptors (Lipinski definition) is 7. The van der Waals surface area contributed by atoms with Gasteiger partial charge in [-0.1, -0.05) is 36.4 Å². The molecule has 146 valence electrons. The molecule has 0 aliphatic heterocycles. The molecule has 8 nitrogen and oxygen atoms in total. The SMILES string of the molecule is CCOC(=O)C(C(=O)OCC)c1ccc([N+](=O)[O-])cc1C(=O)c1ccccc1. The van der Waals surface area contributed by atoms with Gasteiger partial charge >= 0.3 is 11.9 Å². The molecule has 0 radical (unpaired) electrons. The summed E-state index contributed by atoms with van der Waals surface area (Å²) in [7, 11) is 0. The van der Waals surface area contributed by atoms with Crippen molar-refractivity contribution in [2.45, 2.75) is 19.8 Å². The maximum Gasteiger partial charge on any atom is 0.324 e. The summed E-state index contributed by atoms with van der Waals surface area (Å²) in [6.45, 7) is 3.19. The Bertz CT molecular complexity index is 875. The normalized spacial score (nSPS) is 10.4. The van der Waals surface area contributed by atoms with Crippen molar-refractivity contribution in [3.63, 3.8) is 0 Å². The zero-order valence-electron chi connectivity index (χ0n) is 15.4. The second-order valence-corrected chi connectivity index (χ2v) is 5.66. The predicted molar refractivity (Wildman–Crippen MR) is 99.0 cm³/mol. The van der Waals surface area contributed by atoms with Crippen LogP contribution in [0.4, 0.5) is 5.69 Å². The van der Waals surface area contributed by atoms with Gasteiger partial charge in [0.15, 0.2) is 11.7 Å². The number of nitro benzene ring substituents is 1. The topological polar surface area (TPSA) is 113 Å². The van der Waals surface area contributed by atoms with Crippen LogP contribution in [-0.4, -0.2) is 35.9 Å². The number of carbonyl (C=O) groups is 3. The van der Waals surface area contributed by atoms with E-state index in [1.807, 2.05) is 0 Å². The van der Waals surface area contributed by atoms with E-state index in [-0.39, 0.29) is 35.6 Å². The molecule has 0 aliphatic rings. The molecule has 0 bridgehead atoms. The quantitative estimate of drug-likeness (QED) is 0.226. The summed E-state index contributed by atoms with van der Waals surface area (Å²) < 4.78 is 9.92. The highest BCUT2D eigenvalue weighted by molar-refractivity contribution is 6.13. The smallest absolute Gasteiger partial charge is 0.324 e. The number of non-ortho nitro benzene ring substituents is 1. The molecule has 2 rings (SSSR count). The summed E-state index contributed by atoms with van der Waals surface area (Å²) in [4.78, 5) is 48.3. The summed E-state index contributed by atoms with van der Waals surface area (Å²) in [6, 6.07) is 11.5. The van der Waals surface area contributed by atoms with Crippen LogP contribution < -0.4 is 0 Å². The minimum Gasteiger partial charge on any atom is -0.465 e. The Labute approximate surface area is 161 Å². The van der Waals surface area contributed by atoms with E-state index >= 15 is 0 Å². The van der Waals surface area contributed by atoms with Gasteiger partial charge in [-0.2, -0.15) is 0 Å². The van der Waals surface area contributed by atoms with Crippen LogP contribution in [0.25, 0.3) is 0 Å². The highest BCUT2D eigenvalue weighted by Crippen LogP contribution is 2.29. The number of hydrogen-bond donors (Lipinski definition) is 0. The van der Waals surface area contributed by atoms with Crippen LogP contribution in [0.15, 0.2) is 48.5 Å². The lowest BCUT2D eigenvalue weighted by molar-refractivity contribution is -0.384. The number of benzene rings is 2. The standard InChI is InChI=1S/C20H19NO7/c1-3-27-19(23)17(20(24)28-4-2)15-11-10-14(21(25)26)12-16(15)18(22)13-8-6-5-7-9-13/h5-12,17H,3-4H2,1-2H3. The second kappa shape index (κ2) is 9.40. The zero-order valence-corrected chi connectivity index (χ0v) is 15.4. The van der Waals surface area contributed by atoms with Crippen molar-refractivity contribution < 1.29 is 28.8 Å². The van der Waals surface area contributed by atoms with E-state index < -0.39 is 28.6 Å². The van der Waals surface area contributed by atoms with E-state index in [2.05, 4.69) is 0 Å². The van der Waals surface area contributed by atoms with Gasteiger partial charge in [-0.3, -0.25) is 24.5 Å². The molecule has 0 atom stereocenters. The summed E-state index contributed by atoms with van der Waals surface area (Å²) >= 11 is 0. The van der Waals surface area contributed by atoms with Crippen LogP contribution in [0.3, 0.4) is 0 Å². The lowest BCUT2D eigenvalue weighted by Gasteiger charge is -2.17. The lowest BCUT2D eigenvalue weighted by Crippen LogP contribution is -2.28. The lowest BCUT2D eigenvalue weighted by atomic mass is 9.89. The van der Waals surface area contributed by atoms with Crippen LogP contribution in [0.5, 0.6) is 0 Å². The largest absolute Gasteiger partial charge is 0.465 e. The van der Waals surface area contributed by atoms with Crippen LogP contribution in [0, 0.1) is 10.1 Å². The molecule has 0 unspecified atom stereocenters. The minimum atomic E-state index is -1.52. The molecule has 0 fully saturated rings. The van der Waals surface area contributed by atoms with Crippen molar-refractivity contribution in [2.75, 3.05) is 13.2 Å². The van der Waals surface area contributed by atoms with Gasteiger partial charge in [-0.05, 0) is 19.4 Å². The molecular weight excluding hydrogens is 366 g/mol. The molecule has 0 amide bonds. The molecule has 0 spiro atoms. The molecule has 0 heterocycles. The van der Waals surface area contributed by atoms with E-state index in [0.717, 1.165) is 12.1 Å². The van der Waals surface area contributed by atoms with Crippen molar-refractivity contribution in [1.29, 1.82) is 0 Å². The maximum absolute atomic E-state index is 13.0. The van der Waals surface area contributed by atoms with Gasteiger partial charge in [0.25, 0.3) is 5.69 Å². The second-order valence-electron chi connectivity index (χ2n) is 5.66. The van der Waals surface area contributed by atoms with Crippen LogP contribution in [0.2, 0.25) is 0 Å². The zero-order chi connectivity index (χ0) is 20.7. The Morgan fingerprint density at radius 3 is 2.04 bits per heavy atom. The van der Waals surface area contributed by atoms with Gasteiger partial charge in [-0.15, -0.1) is 0 Å². The van der Waals surface area contributed by atoms with Gasteiger partial charge < -0.3 is 9.47 Å². The number of nitro groups is 1. The van der Waals surface area contributed by atoms with Crippen molar-refractivity contribution in [2.24, 2.45) is 0 Å². The number of ketones is 1. The van der Waals surface area contributed by atoms with Gasteiger partial charge in [0, 0.05) is 23.3 Å². The number of nitrogens with zero attached hydrogens (tertiary/aromatic N) is 1. The molecule has 0 aromatic heterocycles. The van der Waals surface area contributed by atoms with E-state index in [1.54, 1.807) is 32.0 Å². The van der Waals surface area contributed by atoms with E-state index in [1.165, 1.54) is 18.2 Å². The fourth-order valence-corrected chi connectivity index (χ4v) is 2.65. The fraction of sp³-hybridized carbons (Fsp3) is 0.250. The Kier molecular flexibility index (Phi) is 6.97. The van der Waals surface area contributed by atoms with Crippen molar-refractivity contribution in [1.82, 2.24) is 0 Å². The van der Waals surface area contributed by atoms with E-state index in [9.17, 15) is 24.5 Å². The Hall–Kier alpha value is -3.55. The first-order valence-electron chi connectivity index (χ1n) is 8.62. The first-order valence-corrected chi connectivity index (χ1v) is 8.62. The summed E-state index contributed by atoms with van der Waals surface area (Å²) in [5.41, 5.74) is -0.215. The average molecular weight is 385 g/mol. The van der Waals surface area contributed by atoms with Crippen LogP contribution in [-0.2, 0) is 19.1 Å². The molecule has 8 heteroatoms. The Balaban J connectivity index is 2.65. The monoisotopic (exact) mass is 385 g/mol. The summed E-state index contributed by atoms with van der Waals surface area (Å²) in [6.07, 6.45) is 0. The number of esters is 2. The number of carbonyl (C=O) groups excluding carboxylic acids is 3. The van der Waals surface area contributed by atoms with Crippen molar-refractivity contribution in [3.05, 3.63) is 75.3 Å². The van der Waals surface area contributed by atoms with Gasteiger partial charge in [0.05, 0.1) is 18.1 Å². The highest BCUT2D eigenvalue weighted by Gasteiger charge is 2.35. The third-order valence-corrected chi connectivity index (χ3v) is 3.88. The molecule has 0 saturated carbocycles. The molecule has 2 aromatic rings. The molecule has 0 saturated heterocycles. The first-order chi connectivity index (χ1) is 13.4. The van der Waals surface area contributed by atoms with Crippen LogP contribution in [0.1, 0.15) is 41.3 Å². The predicted octanol–water partition coefficient (Wildman–Crippen LogP) is 3.04. The fourth-order valence-electron chi connectivity index (χ4n) is 2.65. The first kappa shape index (κ1) is 20.8. The molecule has 2 aromatic carbocycles. The summed E-state index contributed by atoms with van der Waals surface area (Å²) in [5, 5.41) is 11.2. The minimum absolute atomic E-state index is 0.00338. The molecule has 0 N–H and O–H groups in total. The van der Waals surface area contributed by atoms with Crippen molar-refractivity contribution in [3.8, 4) is 0 Å². The highest BCUT2D eigenvalue weighted by atomic mass is 16.6. The van der Waals surface area contributed by atoms with Gasteiger partial charge in [0.1, 0.15) is 0 Å². The third-order valence-electron chi connectivity index (χ3n) is 3.88. The molecular formula is C20H19NO7. The average Bonchev–Trinajstić information content (AvgIpc) is 2.69.